The molecule has 0 aliphatic carbocycles. The first-order valence-electron chi connectivity index (χ1n) is 4.80. The largest absolute Gasteiger partial charge is 0.481 e. The SMILES string of the molecule is CC(CCCc1nccn1C)C(=O)O. The number of hydrogen-bond donors (Lipinski definition) is 1. The Hall–Kier alpha value is -1.32. The van der Waals surface area contributed by atoms with Gasteiger partial charge in [-0.15, -0.1) is 0 Å². The summed E-state index contributed by atoms with van der Waals surface area (Å²) in [7, 11) is 1.95. The quantitative estimate of drug-likeness (QED) is 0.775. The van der Waals surface area contributed by atoms with Crippen molar-refractivity contribution in [2.75, 3.05) is 0 Å². The minimum Gasteiger partial charge on any atom is -0.481 e. The number of aromatic nitrogens is 2. The van der Waals surface area contributed by atoms with Gasteiger partial charge in [-0.05, 0) is 12.8 Å². The first-order valence-corrected chi connectivity index (χ1v) is 4.80. The van der Waals surface area contributed by atoms with Gasteiger partial charge in [-0.2, -0.15) is 0 Å². The zero-order valence-electron chi connectivity index (χ0n) is 8.60. The average Bonchev–Trinajstić information content (AvgIpc) is 2.51. The predicted octanol–water partition coefficient (Wildman–Crippen LogP) is 1.46. The molecule has 4 heteroatoms. The van der Waals surface area contributed by atoms with Crippen molar-refractivity contribution in [2.24, 2.45) is 13.0 Å². The maximum Gasteiger partial charge on any atom is 0.306 e. The van der Waals surface area contributed by atoms with Crippen molar-refractivity contribution in [3.63, 3.8) is 0 Å². The van der Waals surface area contributed by atoms with Gasteiger partial charge in [0, 0.05) is 25.9 Å². The van der Waals surface area contributed by atoms with Gasteiger partial charge in [0.2, 0.25) is 0 Å². The van der Waals surface area contributed by atoms with E-state index < -0.39 is 5.97 Å². The molecule has 1 atom stereocenters. The molecule has 0 amide bonds. The van der Waals surface area contributed by atoms with Crippen LogP contribution in [0, 0.1) is 5.92 Å². The van der Waals surface area contributed by atoms with Crippen LogP contribution >= 0.6 is 0 Å². The van der Waals surface area contributed by atoms with Crippen LogP contribution < -0.4 is 0 Å². The molecule has 0 saturated carbocycles. The molecule has 0 aromatic carbocycles. The standard InChI is InChI=1S/C10H16N2O2/c1-8(10(13)14)4-3-5-9-11-6-7-12(9)2/h6-8H,3-5H2,1-2H3,(H,13,14). The highest BCUT2D eigenvalue weighted by molar-refractivity contribution is 5.69. The molecule has 1 aromatic heterocycles. The fourth-order valence-electron chi connectivity index (χ4n) is 1.33. The molecule has 1 rings (SSSR count). The van der Waals surface area contributed by atoms with Gasteiger partial charge < -0.3 is 9.67 Å². The molecular weight excluding hydrogens is 180 g/mol. The van der Waals surface area contributed by atoms with Crippen molar-refractivity contribution >= 4 is 5.97 Å². The van der Waals surface area contributed by atoms with Gasteiger partial charge in [-0.25, -0.2) is 4.98 Å². The molecule has 0 spiro atoms. The molecule has 1 heterocycles. The Bertz CT molecular complexity index is 307. The Labute approximate surface area is 83.6 Å². The second-order valence-corrected chi connectivity index (χ2v) is 3.59. The summed E-state index contributed by atoms with van der Waals surface area (Å²) in [4.78, 5) is 14.7. The third kappa shape index (κ3) is 2.87. The van der Waals surface area contributed by atoms with Gasteiger partial charge in [-0.3, -0.25) is 4.79 Å². The molecule has 0 bridgehead atoms. The molecule has 14 heavy (non-hydrogen) atoms. The van der Waals surface area contributed by atoms with E-state index in [1.165, 1.54) is 0 Å². The normalized spacial score (nSPS) is 12.7. The second kappa shape index (κ2) is 4.79. The molecule has 0 saturated heterocycles. The van der Waals surface area contributed by atoms with E-state index in [4.69, 9.17) is 5.11 Å². The zero-order valence-corrected chi connectivity index (χ0v) is 8.60. The smallest absolute Gasteiger partial charge is 0.306 e. The van der Waals surface area contributed by atoms with Crippen molar-refractivity contribution < 1.29 is 9.90 Å². The lowest BCUT2D eigenvalue weighted by Crippen LogP contribution is -2.10. The van der Waals surface area contributed by atoms with E-state index in [2.05, 4.69) is 4.98 Å². The third-order valence-corrected chi connectivity index (χ3v) is 2.38. The van der Waals surface area contributed by atoms with Crippen molar-refractivity contribution in [1.82, 2.24) is 9.55 Å². The van der Waals surface area contributed by atoms with Crippen molar-refractivity contribution in [3.05, 3.63) is 18.2 Å². The number of carboxylic acids is 1. The van der Waals surface area contributed by atoms with Crippen LogP contribution in [0.3, 0.4) is 0 Å². The number of aryl methyl sites for hydroxylation is 2. The molecule has 4 nitrogen and oxygen atoms in total. The fraction of sp³-hybridized carbons (Fsp3) is 0.600. The Morgan fingerprint density at radius 1 is 1.71 bits per heavy atom. The van der Waals surface area contributed by atoms with Crippen LogP contribution in [-0.2, 0) is 18.3 Å². The fourth-order valence-corrected chi connectivity index (χ4v) is 1.33. The summed E-state index contributed by atoms with van der Waals surface area (Å²) in [6.07, 6.45) is 6.09. The van der Waals surface area contributed by atoms with Gasteiger partial charge in [-0.1, -0.05) is 6.92 Å². The molecule has 1 aromatic rings. The number of carbonyl (C=O) groups is 1. The van der Waals surface area contributed by atoms with Crippen LogP contribution in [0.4, 0.5) is 0 Å². The van der Waals surface area contributed by atoms with E-state index in [1.807, 2.05) is 17.8 Å². The topological polar surface area (TPSA) is 55.1 Å². The van der Waals surface area contributed by atoms with Crippen LogP contribution in [0.1, 0.15) is 25.6 Å². The van der Waals surface area contributed by atoms with Crippen molar-refractivity contribution in [3.8, 4) is 0 Å². The van der Waals surface area contributed by atoms with Crippen molar-refractivity contribution in [2.45, 2.75) is 26.2 Å². The monoisotopic (exact) mass is 196 g/mol. The molecular formula is C10H16N2O2. The van der Waals surface area contributed by atoms with Gasteiger partial charge >= 0.3 is 5.97 Å². The number of rotatable bonds is 5. The predicted molar refractivity (Wildman–Crippen MR) is 52.9 cm³/mol. The maximum atomic E-state index is 10.5. The molecule has 0 radical (unpaired) electrons. The van der Waals surface area contributed by atoms with E-state index in [9.17, 15) is 4.79 Å². The summed E-state index contributed by atoms with van der Waals surface area (Å²) in [5.41, 5.74) is 0. The Kier molecular flexibility index (Phi) is 3.68. The number of nitrogens with zero attached hydrogens (tertiary/aromatic N) is 2. The summed E-state index contributed by atoms with van der Waals surface area (Å²) < 4.78 is 1.96. The molecule has 0 fully saturated rings. The van der Waals surface area contributed by atoms with E-state index in [0.717, 1.165) is 18.7 Å². The van der Waals surface area contributed by atoms with Crippen molar-refractivity contribution in [1.29, 1.82) is 0 Å². The minimum absolute atomic E-state index is 0.254. The number of imidazole rings is 1. The number of carboxylic acid groups (broad SMARTS) is 1. The molecule has 0 aliphatic heterocycles. The first-order chi connectivity index (χ1) is 6.61. The summed E-state index contributed by atoms with van der Waals surface area (Å²) in [5, 5.41) is 8.67. The highest BCUT2D eigenvalue weighted by Gasteiger charge is 2.10. The Balaban J connectivity index is 2.29. The Morgan fingerprint density at radius 2 is 2.43 bits per heavy atom. The van der Waals surface area contributed by atoms with Crippen LogP contribution in [0.2, 0.25) is 0 Å². The lowest BCUT2D eigenvalue weighted by molar-refractivity contribution is -0.141. The van der Waals surface area contributed by atoms with Crippen LogP contribution in [0.25, 0.3) is 0 Å². The first kappa shape index (κ1) is 10.8. The maximum absolute atomic E-state index is 10.5. The second-order valence-electron chi connectivity index (χ2n) is 3.59. The highest BCUT2D eigenvalue weighted by atomic mass is 16.4. The lowest BCUT2D eigenvalue weighted by Gasteiger charge is -2.05. The summed E-state index contributed by atoms with van der Waals surface area (Å²) in [5.74, 6) is 0.0442. The molecule has 1 unspecified atom stereocenters. The van der Waals surface area contributed by atoms with Crippen LogP contribution in [-0.4, -0.2) is 20.6 Å². The van der Waals surface area contributed by atoms with Crippen LogP contribution in [0.15, 0.2) is 12.4 Å². The van der Waals surface area contributed by atoms with E-state index in [-0.39, 0.29) is 5.92 Å². The van der Waals surface area contributed by atoms with Gasteiger partial charge in [0.05, 0.1) is 5.92 Å². The number of aliphatic carboxylic acids is 1. The summed E-state index contributed by atoms with van der Waals surface area (Å²) >= 11 is 0. The zero-order chi connectivity index (χ0) is 10.6. The third-order valence-electron chi connectivity index (χ3n) is 2.38. The van der Waals surface area contributed by atoms with Crippen LogP contribution in [0.5, 0.6) is 0 Å². The van der Waals surface area contributed by atoms with Gasteiger partial charge in [0.1, 0.15) is 5.82 Å². The van der Waals surface area contributed by atoms with Gasteiger partial charge in [0.25, 0.3) is 0 Å². The average molecular weight is 196 g/mol. The molecule has 78 valence electrons. The number of hydrogen-bond acceptors (Lipinski definition) is 2. The van der Waals surface area contributed by atoms with E-state index >= 15 is 0 Å². The Morgan fingerprint density at radius 3 is 2.93 bits per heavy atom. The molecule has 1 N–H and O–H groups in total. The van der Waals surface area contributed by atoms with Gasteiger partial charge in [0.15, 0.2) is 0 Å². The summed E-state index contributed by atoms with van der Waals surface area (Å²) in [6.45, 7) is 1.74. The lowest BCUT2D eigenvalue weighted by atomic mass is 10.0. The van der Waals surface area contributed by atoms with E-state index in [1.54, 1.807) is 13.1 Å². The van der Waals surface area contributed by atoms with E-state index in [0.29, 0.717) is 6.42 Å². The minimum atomic E-state index is -0.718. The highest BCUT2D eigenvalue weighted by Crippen LogP contribution is 2.09. The molecule has 0 aliphatic rings. The summed E-state index contributed by atoms with van der Waals surface area (Å²) in [6, 6.07) is 0.